The molecule has 0 saturated carbocycles. The zero-order valence-corrected chi connectivity index (χ0v) is 29.3. The Morgan fingerprint density at radius 1 is 1.00 bits per heavy atom. The number of H-pyrrole nitrogens is 1. The van der Waals surface area contributed by atoms with Crippen molar-refractivity contribution in [3.63, 3.8) is 0 Å². The summed E-state index contributed by atoms with van der Waals surface area (Å²) in [6.45, 7) is 0. The van der Waals surface area contributed by atoms with Gasteiger partial charge in [-0.05, 0) is 41.8 Å². The van der Waals surface area contributed by atoms with Gasteiger partial charge in [0.15, 0.2) is 17.4 Å². The first-order valence-corrected chi connectivity index (χ1v) is 16.3. The molecule has 0 aliphatic heterocycles. The van der Waals surface area contributed by atoms with E-state index in [2.05, 4.69) is 35.7 Å². The van der Waals surface area contributed by atoms with Crippen molar-refractivity contribution < 1.29 is 79.3 Å². The number of fused-ring (bicyclic) bond motifs is 3. The molecule has 3 heterocycles. The number of aromatic amines is 1. The van der Waals surface area contributed by atoms with Crippen LogP contribution in [-0.2, 0) is 20.2 Å². The molecule has 0 radical (unpaired) electrons. The van der Waals surface area contributed by atoms with Gasteiger partial charge < -0.3 is 20.1 Å². The average Bonchev–Trinajstić information content (AvgIpc) is 3.46. The molecule has 6 rings (SSSR count). The number of aromatic nitrogens is 6. The first kappa shape index (κ1) is 37.3. The van der Waals surface area contributed by atoms with Gasteiger partial charge in [0, 0.05) is 17.1 Å². The minimum absolute atomic E-state index is 0. The monoisotopic (exact) mass is 771 g/mol. The third-order valence-corrected chi connectivity index (χ3v) is 8.76. The van der Waals surface area contributed by atoms with Crippen LogP contribution in [0.3, 0.4) is 0 Å². The molecule has 0 spiro atoms. The summed E-state index contributed by atoms with van der Waals surface area (Å²) in [6, 6.07) is 8.44. The zero-order chi connectivity index (χ0) is 36.3. The van der Waals surface area contributed by atoms with Crippen molar-refractivity contribution in [2.45, 2.75) is 9.79 Å². The third kappa shape index (κ3) is 7.40. The third-order valence-electron chi connectivity index (χ3n) is 6.68. The van der Waals surface area contributed by atoms with Gasteiger partial charge >= 0.3 is 41.6 Å². The molecular formula is C26H13ClF2N9NaO10S2. The molecule has 25 heteroatoms. The summed E-state index contributed by atoms with van der Waals surface area (Å²) >= 11 is 5.79. The minimum atomic E-state index is -5.28. The number of benzene rings is 3. The molecule has 0 bridgehead atoms. The number of nitrogens with one attached hydrogen (secondary N) is 2. The van der Waals surface area contributed by atoms with Crippen LogP contribution in [0.15, 0.2) is 73.3 Å². The van der Waals surface area contributed by atoms with Crippen molar-refractivity contribution >= 4 is 82.5 Å². The number of nitrogens with zero attached hydrogens (tertiary/aromatic N) is 7. The normalized spacial score (nSPS) is 12.0. The van der Waals surface area contributed by atoms with Crippen LogP contribution >= 0.6 is 11.6 Å². The molecule has 0 atom stereocenters. The summed E-state index contributed by atoms with van der Waals surface area (Å²) in [4.78, 5) is 30.8. The first-order valence-electron chi connectivity index (χ1n) is 13.1. The Bertz CT molecular complexity index is 2770. The van der Waals surface area contributed by atoms with Crippen molar-refractivity contribution in [1.82, 2.24) is 29.9 Å². The Labute approximate surface area is 308 Å². The fraction of sp³-hybridized carbons (Fsp3) is 0. The van der Waals surface area contributed by atoms with Gasteiger partial charge in [-0.15, -0.1) is 20.4 Å². The van der Waals surface area contributed by atoms with Crippen molar-refractivity contribution in [3.8, 4) is 11.6 Å². The Morgan fingerprint density at radius 3 is 2.39 bits per heavy atom. The average molecular weight is 772 g/mol. The van der Waals surface area contributed by atoms with E-state index >= 15 is 0 Å². The Morgan fingerprint density at radius 2 is 1.73 bits per heavy atom. The molecule has 0 amide bonds. The number of carbonyl (C=O) groups is 1. The first-order chi connectivity index (χ1) is 23.4. The van der Waals surface area contributed by atoms with Crippen LogP contribution in [0.5, 0.6) is 5.88 Å². The number of carboxylic acid groups (broad SMARTS) is 1. The van der Waals surface area contributed by atoms with E-state index in [-0.39, 0.29) is 62.7 Å². The molecule has 0 unspecified atom stereocenters. The van der Waals surface area contributed by atoms with E-state index in [0.29, 0.717) is 6.07 Å². The fourth-order valence-electron chi connectivity index (χ4n) is 4.62. The van der Waals surface area contributed by atoms with E-state index in [1.54, 1.807) is 0 Å². The number of hydrogen-bond donors (Lipinski definition) is 5. The van der Waals surface area contributed by atoms with Gasteiger partial charge in [0.25, 0.3) is 15.7 Å². The van der Waals surface area contributed by atoms with Gasteiger partial charge in [-0.25, -0.2) is 13.2 Å². The summed E-state index contributed by atoms with van der Waals surface area (Å²) in [5.74, 6) is -4.45. The van der Waals surface area contributed by atoms with Crippen LogP contribution in [0.4, 0.5) is 31.7 Å². The van der Waals surface area contributed by atoms with Crippen LogP contribution in [-0.4, -0.2) is 72.1 Å². The molecule has 5 N–H and O–H groups in total. The Hall–Kier alpha value is -5.01. The molecule has 3 aromatic carbocycles. The molecule has 0 fully saturated rings. The van der Waals surface area contributed by atoms with Gasteiger partial charge in [-0.1, -0.05) is 17.7 Å². The Kier molecular flexibility index (Phi) is 9.94. The van der Waals surface area contributed by atoms with E-state index in [0.717, 1.165) is 23.0 Å². The second-order valence-corrected chi connectivity index (χ2v) is 13.0. The number of halogens is 3. The molecule has 0 aliphatic rings. The van der Waals surface area contributed by atoms with Crippen LogP contribution < -0.4 is 40.4 Å². The molecule has 3 aromatic heterocycles. The second kappa shape index (κ2) is 13.6. The van der Waals surface area contributed by atoms with E-state index in [1.165, 1.54) is 24.3 Å². The molecule has 0 aliphatic carbocycles. The summed E-state index contributed by atoms with van der Waals surface area (Å²) in [7, 11) is -10.4. The van der Waals surface area contributed by atoms with Crippen molar-refractivity contribution in [2.24, 2.45) is 10.2 Å². The fourth-order valence-corrected chi connectivity index (χ4v) is 6.13. The molecule has 6 aromatic rings. The van der Waals surface area contributed by atoms with Gasteiger partial charge in [0.1, 0.15) is 36.8 Å². The van der Waals surface area contributed by atoms with Crippen LogP contribution in [0, 0.1) is 12.0 Å². The minimum Gasteiger partial charge on any atom is -0.744 e. The topological polar surface area (TPSA) is 295 Å². The van der Waals surface area contributed by atoms with Gasteiger partial charge in [0.05, 0.1) is 16.1 Å². The zero-order valence-electron chi connectivity index (χ0n) is 24.9. The SMILES string of the molecule is O=C(O)c1cc(O)[nH]c(=O)c1N=Nc1ccc(-n2nc3ccc4cc(Nc5nc(F)nc(F)c5Cl)cc(S(=O)(=O)[O-])c4c3n2)cc1S(=O)(=O)O.[Na+]. The number of pyridine rings is 1. The summed E-state index contributed by atoms with van der Waals surface area (Å²) in [5, 5.41) is 35.9. The molecular weight excluding hydrogens is 759 g/mol. The van der Waals surface area contributed by atoms with Crippen molar-refractivity contribution in [1.29, 1.82) is 0 Å². The smallest absolute Gasteiger partial charge is 0.744 e. The second-order valence-electron chi connectivity index (χ2n) is 9.90. The van der Waals surface area contributed by atoms with Crippen LogP contribution in [0.2, 0.25) is 5.02 Å². The number of azo groups is 1. The summed E-state index contributed by atoms with van der Waals surface area (Å²) in [6.07, 6.45) is -1.49. The van der Waals surface area contributed by atoms with Gasteiger partial charge in [-0.3, -0.25) is 14.3 Å². The van der Waals surface area contributed by atoms with E-state index < -0.39 is 87.2 Å². The Balaban J connectivity index is 0.00000504. The predicted octanol–water partition coefficient (Wildman–Crippen LogP) is 0.701. The molecule has 256 valence electrons. The summed E-state index contributed by atoms with van der Waals surface area (Å²) in [5.41, 5.74) is -3.87. The maximum absolute atomic E-state index is 13.8. The van der Waals surface area contributed by atoms with E-state index in [9.17, 15) is 54.5 Å². The number of aromatic hydroxyl groups is 1. The van der Waals surface area contributed by atoms with Gasteiger partial charge in [-0.2, -0.15) is 32.0 Å². The standard InChI is InChI=1S/C26H14ClF2N9O10S2.Na/c27-19-22(28)32-26(29)33-23(19)30-10-5-9-1-3-14-21(18(9)16(6-10)50(46,47)48)37-38(36-14)11-2-4-13(15(7-11)49(43,44)45)34-35-20-12(25(41)42)8-17(39)31-24(20)40;/h1-8H,(H,41,42)(H,30,32,33)(H2,31,39,40)(H,43,44,45)(H,46,47,48);/q;+1/p-1. The number of anilines is 2. The van der Waals surface area contributed by atoms with E-state index in [1.807, 2.05) is 4.98 Å². The van der Waals surface area contributed by atoms with Crippen molar-refractivity contribution in [2.75, 3.05) is 5.32 Å². The molecule has 0 saturated heterocycles. The van der Waals surface area contributed by atoms with Gasteiger partial charge in [0.2, 0.25) is 5.95 Å². The number of rotatable bonds is 8. The van der Waals surface area contributed by atoms with Crippen molar-refractivity contribution in [3.05, 3.63) is 81.5 Å². The van der Waals surface area contributed by atoms with E-state index in [4.69, 9.17) is 11.6 Å². The maximum atomic E-state index is 13.8. The quantitative estimate of drug-likeness (QED) is 0.0468. The van der Waals surface area contributed by atoms with Crippen LogP contribution in [0.1, 0.15) is 10.4 Å². The largest absolute Gasteiger partial charge is 1.00 e. The molecule has 19 nitrogen and oxygen atoms in total. The number of aromatic carboxylic acids is 1. The van der Waals surface area contributed by atoms with Crippen LogP contribution in [0.25, 0.3) is 27.5 Å². The number of hydrogen-bond acceptors (Lipinski definition) is 15. The number of carboxylic acids is 1. The molecule has 51 heavy (non-hydrogen) atoms. The summed E-state index contributed by atoms with van der Waals surface area (Å²) < 4.78 is 99.2. The predicted molar refractivity (Wildman–Crippen MR) is 164 cm³/mol. The maximum Gasteiger partial charge on any atom is 1.00 e.